The Morgan fingerprint density at radius 3 is 2.59 bits per heavy atom. The summed E-state index contributed by atoms with van der Waals surface area (Å²) in [6, 6.07) is 16.8. The highest BCUT2D eigenvalue weighted by Crippen LogP contribution is 2.23. The largest absolute Gasteiger partial charge is 0.491 e. The van der Waals surface area contributed by atoms with Crippen molar-refractivity contribution in [2.75, 3.05) is 12.4 Å². The molecule has 142 valence electrons. The van der Waals surface area contributed by atoms with Crippen molar-refractivity contribution in [3.8, 4) is 5.75 Å². The molecule has 0 unspecified atom stereocenters. The lowest BCUT2D eigenvalue weighted by atomic mass is 10.2. The fourth-order valence-electron chi connectivity index (χ4n) is 2.73. The van der Waals surface area contributed by atoms with Gasteiger partial charge >= 0.3 is 0 Å². The molecule has 1 aromatic heterocycles. The first-order chi connectivity index (χ1) is 13.1. The maximum absolute atomic E-state index is 12.9. The zero-order valence-corrected chi connectivity index (χ0v) is 16.4. The number of ether oxygens (including phenoxy) is 1. The molecule has 2 aromatic carbocycles. The number of hydrogen-bond acceptors (Lipinski definition) is 5. The standard InChI is InChI=1S/C21H24N2O3S/c1-3-15(2)23-20(25)18-11-7-8-12-19(18)22-21(23)27-14-16(24)13-26-17-9-5-4-6-10-17/h4-12,15-16,24H,3,13-14H2,1-2H3/t15-,16-/m0/s1. The van der Waals surface area contributed by atoms with Gasteiger partial charge in [-0.25, -0.2) is 4.98 Å². The first-order valence-electron chi connectivity index (χ1n) is 9.10. The molecule has 0 spiro atoms. The van der Waals surface area contributed by atoms with Crippen LogP contribution < -0.4 is 10.3 Å². The molecule has 6 heteroatoms. The molecule has 3 aromatic rings. The molecule has 27 heavy (non-hydrogen) atoms. The number of hydrogen-bond donors (Lipinski definition) is 1. The molecule has 0 amide bonds. The predicted octanol–water partition coefficient (Wildman–Crippen LogP) is 3.90. The van der Waals surface area contributed by atoms with Gasteiger partial charge in [0.15, 0.2) is 5.16 Å². The van der Waals surface area contributed by atoms with Gasteiger partial charge in [-0.05, 0) is 37.6 Å². The predicted molar refractivity (Wildman–Crippen MR) is 110 cm³/mol. The van der Waals surface area contributed by atoms with Crippen molar-refractivity contribution in [2.45, 2.75) is 37.6 Å². The van der Waals surface area contributed by atoms with Crippen molar-refractivity contribution in [3.63, 3.8) is 0 Å². The smallest absolute Gasteiger partial charge is 0.262 e. The van der Waals surface area contributed by atoms with Crippen LogP contribution in [-0.2, 0) is 0 Å². The Morgan fingerprint density at radius 2 is 1.85 bits per heavy atom. The summed E-state index contributed by atoms with van der Waals surface area (Å²) in [7, 11) is 0. The maximum Gasteiger partial charge on any atom is 0.262 e. The van der Waals surface area contributed by atoms with Crippen LogP contribution >= 0.6 is 11.8 Å². The molecule has 0 aliphatic heterocycles. The van der Waals surface area contributed by atoms with E-state index in [4.69, 9.17) is 4.74 Å². The summed E-state index contributed by atoms with van der Waals surface area (Å²) in [6.45, 7) is 4.25. The van der Waals surface area contributed by atoms with Crippen LogP contribution in [0.5, 0.6) is 5.75 Å². The summed E-state index contributed by atoms with van der Waals surface area (Å²) < 4.78 is 7.33. The average molecular weight is 385 g/mol. The van der Waals surface area contributed by atoms with Crippen molar-refractivity contribution in [1.29, 1.82) is 0 Å². The minimum atomic E-state index is -0.663. The maximum atomic E-state index is 12.9. The Balaban J connectivity index is 1.76. The average Bonchev–Trinajstić information content (AvgIpc) is 2.71. The summed E-state index contributed by atoms with van der Waals surface area (Å²) in [5.74, 6) is 1.12. The lowest BCUT2D eigenvalue weighted by Gasteiger charge is -2.19. The van der Waals surface area contributed by atoms with Crippen molar-refractivity contribution >= 4 is 22.7 Å². The number of nitrogens with zero attached hydrogens (tertiary/aromatic N) is 2. The van der Waals surface area contributed by atoms with Gasteiger partial charge in [-0.2, -0.15) is 0 Å². The van der Waals surface area contributed by atoms with E-state index in [1.54, 1.807) is 10.6 Å². The van der Waals surface area contributed by atoms with Crippen LogP contribution in [0.4, 0.5) is 0 Å². The third kappa shape index (κ3) is 4.70. The Kier molecular flexibility index (Phi) is 6.53. The lowest BCUT2D eigenvalue weighted by molar-refractivity contribution is 0.126. The van der Waals surface area contributed by atoms with Crippen LogP contribution in [0.15, 0.2) is 64.5 Å². The number of aromatic nitrogens is 2. The van der Waals surface area contributed by atoms with E-state index in [2.05, 4.69) is 4.98 Å². The molecule has 1 heterocycles. The Morgan fingerprint density at radius 1 is 1.15 bits per heavy atom. The van der Waals surface area contributed by atoms with Gasteiger partial charge in [0, 0.05) is 11.8 Å². The normalized spacial score (nSPS) is 13.4. The number of benzene rings is 2. The number of rotatable bonds is 8. The van der Waals surface area contributed by atoms with E-state index in [-0.39, 0.29) is 18.2 Å². The van der Waals surface area contributed by atoms with Gasteiger partial charge in [-0.1, -0.05) is 49.0 Å². The van der Waals surface area contributed by atoms with Gasteiger partial charge in [0.2, 0.25) is 0 Å². The van der Waals surface area contributed by atoms with Crippen LogP contribution in [0.1, 0.15) is 26.3 Å². The van der Waals surface area contributed by atoms with Crippen LogP contribution in [-0.4, -0.2) is 33.1 Å². The molecule has 3 rings (SSSR count). The van der Waals surface area contributed by atoms with Crippen LogP contribution in [0.3, 0.4) is 0 Å². The topological polar surface area (TPSA) is 64.3 Å². The van der Waals surface area contributed by atoms with Crippen molar-refractivity contribution < 1.29 is 9.84 Å². The van der Waals surface area contributed by atoms with E-state index in [0.717, 1.165) is 12.2 Å². The summed E-state index contributed by atoms with van der Waals surface area (Å²) in [5, 5.41) is 11.5. The summed E-state index contributed by atoms with van der Waals surface area (Å²) in [4.78, 5) is 17.6. The minimum Gasteiger partial charge on any atom is -0.491 e. The summed E-state index contributed by atoms with van der Waals surface area (Å²) >= 11 is 1.38. The van der Waals surface area contributed by atoms with E-state index >= 15 is 0 Å². The first-order valence-corrected chi connectivity index (χ1v) is 10.1. The van der Waals surface area contributed by atoms with Crippen LogP contribution in [0.25, 0.3) is 10.9 Å². The Hall–Kier alpha value is -2.31. The number of para-hydroxylation sites is 2. The minimum absolute atomic E-state index is 0.0347. The summed E-state index contributed by atoms with van der Waals surface area (Å²) in [5.41, 5.74) is 0.645. The highest BCUT2D eigenvalue weighted by Gasteiger charge is 2.17. The van der Waals surface area contributed by atoms with E-state index in [0.29, 0.717) is 21.8 Å². The van der Waals surface area contributed by atoms with E-state index in [1.807, 2.05) is 62.4 Å². The van der Waals surface area contributed by atoms with Gasteiger partial charge in [-0.3, -0.25) is 9.36 Å². The van der Waals surface area contributed by atoms with Gasteiger partial charge in [0.25, 0.3) is 5.56 Å². The molecule has 0 fully saturated rings. The van der Waals surface area contributed by atoms with Crippen LogP contribution in [0.2, 0.25) is 0 Å². The van der Waals surface area contributed by atoms with Gasteiger partial charge in [0.05, 0.1) is 17.0 Å². The third-order valence-corrected chi connectivity index (χ3v) is 5.50. The second-order valence-electron chi connectivity index (χ2n) is 6.43. The second kappa shape index (κ2) is 9.06. The zero-order valence-electron chi connectivity index (χ0n) is 15.5. The van der Waals surface area contributed by atoms with E-state index in [1.165, 1.54) is 11.8 Å². The molecule has 0 aliphatic rings. The fourth-order valence-corrected chi connectivity index (χ4v) is 3.73. The molecule has 0 aliphatic carbocycles. The number of thioether (sulfide) groups is 1. The molecule has 0 saturated carbocycles. The number of fused-ring (bicyclic) bond motifs is 1. The molecular weight excluding hydrogens is 360 g/mol. The van der Waals surface area contributed by atoms with Crippen LogP contribution in [0, 0.1) is 0 Å². The van der Waals surface area contributed by atoms with E-state index < -0.39 is 6.10 Å². The van der Waals surface area contributed by atoms with Gasteiger partial charge in [-0.15, -0.1) is 0 Å². The highest BCUT2D eigenvalue weighted by atomic mass is 32.2. The quantitative estimate of drug-likeness (QED) is 0.471. The third-order valence-electron chi connectivity index (χ3n) is 4.40. The monoisotopic (exact) mass is 384 g/mol. The van der Waals surface area contributed by atoms with Crippen molar-refractivity contribution in [3.05, 3.63) is 65.0 Å². The molecule has 5 nitrogen and oxygen atoms in total. The molecular formula is C21H24N2O3S. The Bertz CT molecular complexity index is 943. The van der Waals surface area contributed by atoms with Crippen molar-refractivity contribution in [2.24, 2.45) is 0 Å². The molecule has 0 bridgehead atoms. The fraction of sp³-hybridized carbons (Fsp3) is 0.333. The zero-order chi connectivity index (χ0) is 19.2. The van der Waals surface area contributed by atoms with Gasteiger partial charge in [0.1, 0.15) is 12.4 Å². The highest BCUT2D eigenvalue weighted by molar-refractivity contribution is 7.99. The second-order valence-corrected chi connectivity index (χ2v) is 7.42. The van der Waals surface area contributed by atoms with E-state index in [9.17, 15) is 9.90 Å². The van der Waals surface area contributed by atoms with Crippen molar-refractivity contribution in [1.82, 2.24) is 9.55 Å². The molecule has 2 atom stereocenters. The number of aliphatic hydroxyl groups excluding tert-OH is 1. The molecule has 1 N–H and O–H groups in total. The SMILES string of the molecule is CC[C@H](C)n1c(SC[C@@H](O)COc2ccccc2)nc2ccccc2c1=O. The molecule has 0 radical (unpaired) electrons. The summed E-state index contributed by atoms with van der Waals surface area (Å²) in [6.07, 6.45) is 0.164. The first kappa shape index (κ1) is 19.5. The lowest BCUT2D eigenvalue weighted by Crippen LogP contribution is -2.27. The Labute approximate surface area is 163 Å². The van der Waals surface area contributed by atoms with Gasteiger partial charge < -0.3 is 9.84 Å². The number of aliphatic hydroxyl groups is 1. The molecule has 0 saturated heterocycles.